The van der Waals surface area contributed by atoms with Crippen LogP contribution >= 0.6 is 12.6 Å². The number of methoxy groups -OCH3 is 1. The molecule has 0 bridgehead atoms. The molecule has 1 saturated heterocycles. The second-order valence-electron chi connectivity index (χ2n) is 7.95. The Morgan fingerprint density at radius 2 is 1.41 bits per heavy atom. The predicted octanol–water partition coefficient (Wildman–Crippen LogP) is 4.09. The van der Waals surface area contributed by atoms with E-state index in [0.29, 0.717) is 38.1 Å². The van der Waals surface area contributed by atoms with Crippen LogP contribution in [0.25, 0.3) is 0 Å². The Kier molecular flexibility index (Phi) is 8.73. The fourth-order valence-electron chi connectivity index (χ4n) is 4.12. The van der Waals surface area contributed by atoms with Crippen LogP contribution in [0.5, 0.6) is 0 Å². The molecular weight excluding hydrogens is 424 g/mol. The number of esters is 1. The number of hydrogen-bond donors (Lipinski definition) is 1. The summed E-state index contributed by atoms with van der Waals surface area (Å²) < 4.78 is 4.67. The number of ketones is 1. The molecule has 0 aliphatic carbocycles. The fraction of sp³-hybridized carbons (Fsp3) is 0.400. The molecule has 2 aromatic rings. The molecule has 32 heavy (non-hydrogen) atoms. The summed E-state index contributed by atoms with van der Waals surface area (Å²) in [6.45, 7) is 0.802. The first kappa shape index (κ1) is 23.9. The summed E-state index contributed by atoms with van der Waals surface area (Å²) in [5, 5.41) is 0. The number of carbonyl (C=O) groups is 3. The molecule has 2 amide bonds. The zero-order chi connectivity index (χ0) is 22.9. The van der Waals surface area contributed by atoms with Gasteiger partial charge in [0.15, 0.2) is 5.78 Å². The van der Waals surface area contributed by atoms with Crippen LogP contribution in [0.3, 0.4) is 0 Å². The molecule has 0 unspecified atom stereocenters. The van der Waals surface area contributed by atoms with Crippen molar-refractivity contribution in [1.29, 1.82) is 0 Å². The number of ether oxygens (including phenoxy) is 1. The molecule has 1 fully saturated rings. The first-order valence-electron chi connectivity index (χ1n) is 10.9. The quantitative estimate of drug-likeness (QED) is 0.315. The van der Waals surface area contributed by atoms with Crippen LogP contribution in [0.4, 0.5) is 4.79 Å². The van der Waals surface area contributed by atoms with Gasteiger partial charge in [0.25, 0.3) is 0 Å². The summed E-state index contributed by atoms with van der Waals surface area (Å²) >= 11 is 4.52. The van der Waals surface area contributed by atoms with E-state index in [2.05, 4.69) is 17.4 Å². The summed E-state index contributed by atoms with van der Waals surface area (Å²) in [4.78, 5) is 41.6. The number of hydrogen-bond acceptors (Lipinski definition) is 5. The lowest BCUT2D eigenvalue weighted by Gasteiger charge is -2.26. The lowest BCUT2D eigenvalue weighted by atomic mass is 9.99. The topological polar surface area (TPSA) is 66.9 Å². The largest absolute Gasteiger partial charge is 0.469 e. The molecular formula is C25H30N2O4S. The van der Waals surface area contributed by atoms with Crippen molar-refractivity contribution in [2.75, 3.05) is 12.9 Å². The van der Waals surface area contributed by atoms with Crippen molar-refractivity contribution in [1.82, 2.24) is 9.80 Å². The standard InChI is InChI=1S/C25H30N2O4S/c1-31-23(29)15-9-8-14-22(28)24-21(18-32)26(16-19-10-4-2-5-11-19)25(30)27(24)17-20-12-6-3-7-13-20/h2-7,10-13,21,24,32H,8-9,14-18H2,1H3/t21-,24+/m0/s1. The average molecular weight is 455 g/mol. The van der Waals surface area contributed by atoms with Gasteiger partial charge in [-0.3, -0.25) is 9.59 Å². The van der Waals surface area contributed by atoms with E-state index in [1.165, 1.54) is 7.11 Å². The van der Waals surface area contributed by atoms with E-state index < -0.39 is 6.04 Å². The number of urea groups is 1. The van der Waals surface area contributed by atoms with Crippen LogP contribution in [0.2, 0.25) is 0 Å². The second-order valence-corrected chi connectivity index (χ2v) is 8.32. The Bertz CT molecular complexity index is 907. The van der Waals surface area contributed by atoms with Gasteiger partial charge in [0, 0.05) is 31.7 Å². The minimum atomic E-state index is -0.568. The third-order valence-electron chi connectivity index (χ3n) is 5.78. The number of amides is 2. The first-order chi connectivity index (χ1) is 15.5. The van der Waals surface area contributed by atoms with Gasteiger partial charge in [-0.05, 0) is 24.0 Å². The summed E-state index contributed by atoms with van der Waals surface area (Å²) in [6, 6.07) is 18.4. The van der Waals surface area contributed by atoms with Gasteiger partial charge in [-0.25, -0.2) is 4.79 Å². The number of unbranched alkanes of at least 4 members (excludes halogenated alkanes) is 1. The zero-order valence-electron chi connectivity index (χ0n) is 18.4. The maximum absolute atomic E-state index is 13.5. The molecule has 0 aromatic heterocycles. The smallest absolute Gasteiger partial charge is 0.321 e. The molecule has 3 rings (SSSR count). The molecule has 1 heterocycles. The molecule has 0 spiro atoms. The molecule has 0 radical (unpaired) electrons. The number of thiol groups is 1. The number of Topliss-reactive ketones (excluding diaryl/α,β-unsaturated/α-hetero) is 1. The van der Waals surface area contributed by atoms with Crippen LogP contribution in [-0.2, 0) is 27.4 Å². The molecule has 6 nitrogen and oxygen atoms in total. The van der Waals surface area contributed by atoms with Gasteiger partial charge in [-0.15, -0.1) is 0 Å². The SMILES string of the molecule is COC(=O)CCCCC(=O)[C@H]1[C@H](CS)N(Cc2ccccc2)C(=O)N1Cc1ccccc1. The summed E-state index contributed by atoms with van der Waals surface area (Å²) in [5.74, 6) is 0.123. The van der Waals surface area contributed by atoms with Crippen molar-refractivity contribution in [3.05, 3.63) is 71.8 Å². The molecule has 0 N–H and O–H groups in total. The minimum absolute atomic E-state index is 0.00811. The molecule has 170 valence electrons. The maximum Gasteiger partial charge on any atom is 0.321 e. The first-order valence-corrected chi connectivity index (χ1v) is 11.5. The van der Waals surface area contributed by atoms with Gasteiger partial charge in [-0.1, -0.05) is 60.7 Å². The molecule has 7 heteroatoms. The fourth-order valence-corrected chi connectivity index (χ4v) is 4.52. The highest BCUT2D eigenvalue weighted by Gasteiger charge is 2.47. The Morgan fingerprint density at radius 1 is 0.875 bits per heavy atom. The summed E-state index contributed by atoms with van der Waals surface area (Å²) in [5.41, 5.74) is 1.99. The van der Waals surface area contributed by atoms with Crippen LogP contribution in [0.1, 0.15) is 36.8 Å². The third-order valence-corrected chi connectivity index (χ3v) is 6.16. The Morgan fingerprint density at radius 3 is 1.94 bits per heavy atom. The van der Waals surface area contributed by atoms with E-state index in [1.807, 2.05) is 60.7 Å². The van der Waals surface area contributed by atoms with Crippen molar-refractivity contribution < 1.29 is 19.1 Å². The average Bonchev–Trinajstić information content (AvgIpc) is 3.08. The van der Waals surface area contributed by atoms with E-state index in [1.54, 1.807) is 9.80 Å². The molecule has 0 saturated carbocycles. The van der Waals surface area contributed by atoms with Crippen molar-refractivity contribution in [3.8, 4) is 0 Å². The summed E-state index contributed by atoms with van der Waals surface area (Å²) in [7, 11) is 1.36. The highest BCUT2D eigenvalue weighted by Crippen LogP contribution is 2.29. The van der Waals surface area contributed by atoms with Crippen LogP contribution in [0.15, 0.2) is 60.7 Å². The van der Waals surface area contributed by atoms with Crippen LogP contribution in [-0.4, -0.2) is 52.5 Å². The summed E-state index contributed by atoms with van der Waals surface area (Å²) in [6.07, 6.45) is 1.76. The Balaban J connectivity index is 1.79. The monoisotopic (exact) mass is 454 g/mol. The van der Waals surface area contributed by atoms with E-state index in [-0.39, 0.29) is 30.2 Å². The number of benzene rings is 2. The van der Waals surface area contributed by atoms with E-state index in [4.69, 9.17) is 0 Å². The van der Waals surface area contributed by atoms with E-state index >= 15 is 0 Å². The molecule has 2 aromatic carbocycles. The second kappa shape index (κ2) is 11.7. The normalized spacial score (nSPS) is 18.1. The number of nitrogens with zero attached hydrogens (tertiary/aromatic N) is 2. The van der Waals surface area contributed by atoms with Crippen LogP contribution < -0.4 is 0 Å². The van der Waals surface area contributed by atoms with Crippen molar-refractivity contribution in [3.63, 3.8) is 0 Å². The molecule has 2 atom stereocenters. The molecule has 1 aliphatic heterocycles. The van der Waals surface area contributed by atoms with Gasteiger partial charge in [0.2, 0.25) is 0 Å². The van der Waals surface area contributed by atoms with Gasteiger partial charge < -0.3 is 14.5 Å². The van der Waals surface area contributed by atoms with Gasteiger partial charge in [0.05, 0.1) is 13.2 Å². The lowest BCUT2D eigenvalue weighted by molar-refractivity contribution is -0.140. The van der Waals surface area contributed by atoms with Crippen molar-refractivity contribution in [2.24, 2.45) is 0 Å². The molecule has 1 aliphatic rings. The highest BCUT2D eigenvalue weighted by atomic mass is 32.1. The van der Waals surface area contributed by atoms with Crippen molar-refractivity contribution >= 4 is 30.4 Å². The lowest BCUT2D eigenvalue weighted by Crippen LogP contribution is -2.44. The maximum atomic E-state index is 13.5. The Labute approximate surface area is 194 Å². The van der Waals surface area contributed by atoms with Crippen molar-refractivity contribution in [2.45, 2.75) is 50.9 Å². The Hall–Kier alpha value is -2.80. The predicted molar refractivity (Wildman–Crippen MR) is 126 cm³/mol. The van der Waals surface area contributed by atoms with E-state index in [9.17, 15) is 14.4 Å². The highest BCUT2D eigenvalue weighted by molar-refractivity contribution is 7.80. The van der Waals surface area contributed by atoms with E-state index in [0.717, 1.165) is 11.1 Å². The third kappa shape index (κ3) is 5.91. The number of carbonyl (C=O) groups excluding carboxylic acids is 3. The van der Waals surface area contributed by atoms with Crippen LogP contribution in [0, 0.1) is 0 Å². The van der Waals surface area contributed by atoms with Gasteiger partial charge >= 0.3 is 12.0 Å². The zero-order valence-corrected chi connectivity index (χ0v) is 19.2. The van der Waals surface area contributed by atoms with Gasteiger partial charge in [-0.2, -0.15) is 12.6 Å². The minimum Gasteiger partial charge on any atom is -0.469 e. The number of rotatable bonds is 11. The van der Waals surface area contributed by atoms with Gasteiger partial charge in [0.1, 0.15) is 6.04 Å².